The Bertz CT molecular complexity index is 1890. The number of halogens is 2. The molecule has 224 valence electrons. The fourth-order valence-electron chi connectivity index (χ4n) is 5.30. The number of nitrogens with one attached hydrogen (secondary N) is 2. The van der Waals surface area contributed by atoms with Crippen LogP contribution in [-0.4, -0.2) is 98.2 Å². The van der Waals surface area contributed by atoms with Gasteiger partial charge in [-0.3, -0.25) is 32.8 Å². The van der Waals surface area contributed by atoms with Crippen molar-refractivity contribution >= 4 is 47.3 Å². The van der Waals surface area contributed by atoms with Gasteiger partial charge in [0.1, 0.15) is 24.4 Å². The highest BCUT2D eigenvalue weighted by Gasteiger charge is 2.80. The second-order valence-electron chi connectivity index (χ2n) is 9.82. The third-order valence-corrected chi connectivity index (χ3v) is 8.93. The van der Waals surface area contributed by atoms with E-state index in [2.05, 4.69) is 42.2 Å². The number of hydrogen-bond donors (Lipinski definition) is 6. The molecule has 1 unspecified atom stereocenters. The zero-order valence-electron chi connectivity index (χ0n) is 20.7. The van der Waals surface area contributed by atoms with Gasteiger partial charge >= 0.3 is 6.80 Å². The Labute approximate surface area is 235 Å². The summed E-state index contributed by atoms with van der Waals surface area (Å²) in [6, 6.07) is 0. The average molecular weight is 631 g/mol. The molecule has 3 aliphatic rings. The van der Waals surface area contributed by atoms with Gasteiger partial charge in [-0.15, -0.1) is 0 Å². The van der Waals surface area contributed by atoms with E-state index in [9.17, 15) is 24.4 Å². The van der Waals surface area contributed by atoms with Gasteiger partial charge in [0.15, 0.2) is 52.7 Å². The van der Waals surface area contributed by atoms with Gasteiger partial charge < -0.3 is 30.4 Å². The fraction of sp³-hybridized carbons (Fsp3) is 0.500. The Morgan fingerprint density at radius 3 is 2.45 bits per heavy atom. The van der Waals surface area contributed by atoms with Crippen LogP contribution in [0.1, 0.15) is 12.5 Å². The van der Waals surface area contributed by atoms with Gasteiger partial charge in [0.05, 0.1) is 25.6 Å². The van der Waals surface area contributed by atoms with E-state index in [0.717, 1.165) is 28.1 Å². The highest BCUT2D eigenvalue weighted by molar-refractivity contribution is 8.44. The number of hydrogen-bond acceptors (Lipinski definition) is 14. The molecule has 0 amide bonds. The predicted octanol–water partition coefficient (Wildman–Crippen LogP) is -1.15. The summed E-state index contributed by atoms with van der Waals surface area (Å²) in [4.78, 5) is 44.4. The number of anilines is 1. The molecule has 6 N–H and O–H groups in total. The smallest absolute Gasteiger partial charge is 0.387 e. The van der Waals surface area contributed by atoms with Crippen molar-refractivity contribution in [3.63, 3.8) is 0 Å². The molecule has 0 aromatic carbocycles. The highest BCUT2D eigenvalue weighted by Crippen LogP contribution is 2.66. The van der Waals surface area contributed by atoms with Crippen molar-refractivity contribution in [1.29, 1.82) is 0 Å². The lowest BCUT2D eigenvalue weighted by Gasteiger charge is -2.26. The van der Waals surface area contributed by atoms with E-state index < -0.39 is 79.3 Å². The number of aromatic nitrogens is 8. The van der Waals surface area contributed by atoms with Crippen LogP contribution in [0.2, 0.25) is 0 Å². The van der Waals surface area contributed by atoms with Gasteiger partial charge in [-0.2, -0.15) is 4.98 Å². The van der Waals surface area contributed by atoms with E-state index in [1.165, 1.54) is 0 Å². The molecule has 1 saturated carbocycles. The molecular weight excluding hydrogens is 611 g/mol. The van der Waals surface area contributed by atoms with Gasteiger partial charge in [-0.1, -0.05) is 12.2 Å². The maximum absolute atomic E-state index is 15.5. The topological polar surface area (TPSA) is 248 Å². The van der Waals surface area contributed by atoms with E-state index in [-0.39, 0.29) is 28.3 Å². The number of alkyl halides is 2. The zero-order chi connectivity index (χ0) is 29.7. The molecule has 2 saturated heterocycles. The number of imidazole rings is 2. The molecule has 0 bridgehead atoms. The van der Waals surface area contributed by atoms with Crippen LogP contribution in [0, 0.1) is 0 Å². The molecule has 6 heterocycles. The first-order chi connectivity index (χ1) is 19.9. The van der Waals surface area contributed by atoms with Crippen LogP contribution in [-0.2, 0) is 23.1 Å². The zero-order valence-corrected chi connectivity index (χ0v) is 22.5. The predicted molar refractivity (Wildman–Crippen MR) is 137 cm³/mol. The lowest BCUT2D eigenvalue weighted by molar-refractivity contribution is -0.0625. The minimum atomic E-state index is -4.61. The minimum Gasteiger partial charge on any atom is -0.394 e. The molecule has 10 atom stereocenters. The number of nitrogens with zero attached hydrogens (tertiary/aromatic N) is 6. The third-order valence-electron chi connectivity index (χ3n) is 7.37. The summed E-state index contributed by atoms with van der Waals surface area (Å²) in [6.07, 6.45) is -10.0. The average Bonchev–Trinajstić information content (AvgIpc) is 3.45. The van der Waals surface area contributed by atoms with Crippen LogP contribution in [0.5, 0.6) is 0 Å². The Morgan fingerprint density at radius 2 is 1.79 bits per heavy atom. The van der Waals surface area contributed by atoms with E-state index in [4.69, 9.17) is 24.3 Å². The van der Waals surface area contributed by atoms with Gasteiger partial charge in [0.25, 0.3) is 11.1 Å². The van der Waals surface area contributed by atoms with Crippen molar-refractivity contribution in [3.05, 3.63) is 39.7 Å². The van der Waals surface area contributed by atoms with Gasteiger partial charge in [0, 0.05) is 0 Å². The largest absolute Gasteiger partial charge is 0.394 e. The van der Waals surface area contributed by atoms with Crippen LogP contribution in [0.15, 0.2) is 28.6 Å². The van der Waals surface area contributed by atoms with Crippen LogP contribution < -0.4 is 16.9 Å². The summed E-state index contributed by atoms with van der Waals surface area (Å²) >= 11 is 3.90. The first-order valence-electron chi connectivity index (χ1n) is 12.2. The van der Waals surface area contributed by atoms with Crippen LogP contribution in [0.3, 0.4) is 0 Å². The Balaban J connectivity index is 1.11. The maximum Gasteiger partial charge on any atom is 0.387 e. The highest BCUT2D eigenvalue weighted by atomic mass is 32.7. The fourth-order valence-corrected chi connectivity index (χ4v) is 7.07. The SMILES string of the molecule is Nc1nc2c(ncn2[C@@H]2O[C@H](CO)[C@H](F)[C@H]2O[P@](=O)(S)OC2[C@H]3O[C@@H](n4cnc5c(=O)[nH]cnc54)[C@@H](F)[C@@]23O)c(=O)[nH]1. The molecule has 0 radical (unpaired) electrons. The monoisotopic (exact) mass is 631 g/mol. The number of fused-ring (bicyclic) bond motifs is 3. The minimum absolute atomic E-state index is 0.00179. The van der Waals surface area contributed by atoms with Crippen LogP contribution in [0.25, 0.3) is 22.3 Å². The molecule has 4 aromatic heterocycles. The van der Waals surface area contributed by atoms with Gasteiger partial charge in [-0.05, 0) is 0 Å². The van der Waals surface area contributed by atoms with Crippen molar-refractivity contribution in [3.8, 4) is 0 Å². The molecule has 3 fully saturated rings. The van der Waals surface area contributed by atoms with Crippen molar-refractivity contribution in [2.75, 3.05) is 12.3 Å². The molecule has 18 nitrogen and oxygen atoms in total. The molecule has 22 heteroatoms. The van der Waals surface area contributed by atoms with Crippen molar-refractivity contribution < 1.29 is 42.1 Å². The second-order valence-corrected chi connectivity index (χ2v) is 12.7. The van der Waals surface area contributed by atoms with Crippen molar-refractivity contribution in [2.24, 2.45) is 0 Å². The van der Waals surface area contributed by atoms with Crippen LogP contribution in [0.4, 0.5) is 14.7 Å². The summed E-state index contributed by atoms with van der Waals surface area (Å²) in [5.41, 5.74) is 1.69. The van der Waals surface area contributed by atoms with Gasteiger partial charge in [-0.25, -0.2) is 28.3 Å². The lowest BCUT2D eigenvalue weighted by atomic mass is 10.1. The molecule has 4 aromatic rings. The number of nitrogens with two attached hydrogens (primary N) is 1. The summed E-state index contributed by atoms with van der Waals surface area (Å²) in [5.74, 6) is -0.276. The summed E-state index contributed by atoms with van der Waals surface area (Å²) in [5, 5.41) is 20.6. The number of thiol groups is 1. The quantitative estimate of drug-likeness (QED) is 0.104. The number of aliphatic hydroxyl groups excluding tert-OH is 1. The lowest BCUT2D eigenvalue weighted by Crippen LogP contribution is -2.34. The first-order valence-corrected chi connectivity index (χ1v) is 14.9. The van der Waals surface area contributed by atoms with Crippen molar-refractivity contribution in [1.82, 2.24) is 39.0 Å². The number of rotatable bonds is 7. The van der Waals surface area contributed by atoms with E-state index in [0.29, 0.717) is 0 Å². The normalized spacial score (nSPS) is 35.5. The number of aliphatic hydroxyl groups is 2. The molecule has 1 aliphatic carbocycles. The summed E-state index contributed by atoms with van der Waals surface area (Å²) in [7, 11) is 0. The molecule has 0 spiro atoms. The molecule has 7 rings (SSSR count). The van der Waals surface area contributed by atoms with E-state index in [1.807, 2.05) is 0 Å². The number of nitrogen functional groups attached to an aromatic ring is 1. The van der Waals surface area contributed by atoms with Crippen molar-refractivity contribution in [2.45, 2.75) is 54.8 Å². The number of ether oxygens (including phenoxy) is 2. The maximum atomic E-state index is 15.5. The molecule has 2 aliphatic heterocycles. The first kappa shape index (κ1) is 27.5. The Morgan fingerprint density at radius 1 is 1.10 bits per heavy atom. The van der Waals surface area contributed by atoms with E-state index in [1.54, 1.807) is 0 Å². The Kier molecular flexibility index (Phi) is 6.13. The molecule has 42 heavy (non-hydrogen) atoms. The Hall–Kier alpha value is -3.30. The number of H-pyrrole nitrogens is 2. The van der Waals surface area contributed by atoms with E-state index >= 15 is 8.78 Å². The second kappa shape index (κ2) is 9.35. The third kappa shape index (κ3) is 3.96. The van der Waals surface area contributed by atoms with Gasteiger partial charge in [0.2, 0.25) is 5.95 Å². The summed E-state index contributed by atoms with van der Waals surface area (Å²) in [6.45, 7) is -5.42. The van der Waals surface area contributed by atoms with Crippen LogP contribution >= 0.6 is 19.0 Å². The standard InChI is InChI=1S/C20H20F2N9O9PS/c21-6-5(1-32)37-17(31-4-27-8-14(31)28-19(23)29-16(8)34)9(6)39-41(36,42)40-12-11-20(12,35)10(22)18(38-11)30-3-26-7-13(30)24-2-25-15(7)33/h2-6,9-12,17-18,32,35H,1H2,(H,36,42)(H,24,25,33)(H3,23,28,29,34)/t5-,6+,9-,10-,11-,12?,17-,18-,20+,41+/m1/s1. The number of aromatic amines is 2. The summed E-state index contributed by atoms with van der Waals surface area (Å²) < 4.78 is 68.2. The molecular formula is C20H20F2N9O9PS.